The molecule has 1 amide bonds. The van der Waals surface area contributed by atoms with Gasteiger partial charge < -0.3 is 14.7 Å². The van der Waals surface area contributed by atoms with Crippen LogP contribution in [0.2, 0.25) is 0 Å². The molecule has 0 saturated carbocycles. The number of ether oxygens (including phenoxy) is 1. The molecule has 1 fully saturated rings. The Hall–Kier alpha value is -1.10. The fraction of sp³-hybridized carbons (Fsp3) is 0.750. The standard InChI is InChI=1S/C8H13NO4/c1-6(2)9(5-10)8(7(11)12)3-13-4-8/h5-6H,3-4H2,1-2H3,(H,11,12). The molecular formula is C8H13NO4. The van der Waals surface area contributed by atoms with E-state index < -0.39 is 11.5 Å². The molecule has 0 radical (unpaired) electrons. The molecule has 1 aliphatic rings. The predicted octanol–water partition coefficient (Wildman–Crippen LogP) is -0.293. The Balaban J connectivity index is 2.85. The van der Waals surface area contributed by atoms with Gasteiger partial charge in [0.1, 0.15) is 0 Å². The number of carboxylic acids is 1. The van der Waals surface area contributed by atoms with Crippen molar-refractivity contribution in [2.45, 2.75) is 25.4 Å². The smallest absolute Gasteiger partial charge is 0.334 e. The fourth-order valence-corrected chi connectivity index (χ4v) is 1.40. The summed E-state index contributed by atoms with van der Waals surface area (Å²) in [5.74, 6) is -1.00. The maximum atomic E-state index is 10.9. The number of amides is 1. The van der Waals surface area contributed by atoms with E-state index in [9.17, 15) is 9.59 Å². The van der Waals surface area contributed by atoms with E-state index in [0.717, 1.165) is 0 Å². The zero-order valence-corrected chi connectivity index (χ0v) is 7.69. The first-order chi connectivity index (χ1) is 6.04. The van der Waals surface area contributed by atoms with E-state index in [2.05, 4.69) is 0 Å². The lowest BCUT2D eigenvalue weighted by molar-refractivity contribution is -0.191. The van der Waals surface area contributed by atoms with E-state index in [1.54, 1.807) is 13.8 Å². The second-order valence-electron chi connectivity index (χ2n) is 3.44. The molecule has 74 valence electrons. The summed E-state index contributed by atoms with van der Waals surface area (Å²) in [6, 6.07) is -0.127. The average Bonchev–Trinajstić information content (AvgIpc) is 1.94. The van der Waals surface area contributed by atoms with Crippen LogP contribution in [0.25, 0.3) is 0 Å². The average molecular weight is 187 g/mol. The first-order valence-electron chi connectivity index (χ1n) is 4.09. The molecule has 0 unspecified atom stereocenters. The third-order valence-corrected chi connectivity index (χ3v) is 2.24. The van der Waals surface area contributed by atoms with Gasteiger partial charge in [0.25, 0.3) is 0 Å². The van der Waals surface area contributed by atoms with Gasteiger partial charge in [-0.3, -0.25) is 4.79 Å². The number of nitrogens with zero attached hydrogens (tertiary/aromatic N) is 1. The van der Waals surface area contributed by atoms with Gasteiger partial charge in [0.05, 0.1) is 13.2 Å². The van der Waals surface area contributed by atoms with E-state index >= 15 is 0 Å². The molecule has 0 aromatic rings. The zero-order chi connectivity index (χ0) is 10.1. The maximum absolute atomic E-state index is 10.9. The highest BCUT2D eigenvalue weighted by Crippen LogP contribution is 2.26. The van der Waals surface area contributed by atoms with Gasteiger partial charge >= 0.3 is 5.97 Å². The summed E-state index contributed by atoms with van der Waals surface area (Å²) in [4.78, 5) is 22.9. The number of rotatable bonds is 4. The van der Waals surface area contributed by atoms with E-state index in [-0.39, 0.29) is 19.3 Å². The normalized spacial score (nSPS) is 19.3. The topological polar surface area (TPSA) is 66.8 Å². The number of aliphatic carboxylic acids is 1. The Morgan fingerprint density at radius 3 is 2.23 bits per heavy atom. The van der Waals surface area contributed by atoms with Gasteiger partial charge in [-0.2, -0.15) is 0 Å². The van der Waals surface area contributed by atoms with Gasteiger partial charge in [-0.05, 0) is 13.8 Å². The number of hydrogen-bond donors (Lipinski definition) is 1. The summed E-state index contributed by atoms with van der Waals surface area (Å²) in [5.41, 5.74) is -1.13. The molecule has 0 spiro atoms. The molecule has 1 saturated heterocycles. The van der Waals surface area contributed by atoms with Crippen molar-refractivity contribution in [3.05, 3.63) is 0 Å². The van der Waals surface area contributed by atoms with Crippen LogP contribution in [0.3, 0.4) is 0 Å². The Labute approximate surface area is 76.3 Å². The predicted molar refractivity (Wildman–Crippen MR) is 44.2 cm³/mol. The van der Waals surface area contributed by atoms with Gasteiger partial charge in [0.15, 0.2) is 5.54 Å². The molecule has 1 heterocycles. The molecule has 1 aliphatic heterocycles. The lowest BCUT2D eigenvalue weighted by Gasteiger charge is -2.46. The minimum atomic E-state index is -1.13. The van der Waals surface area contributed by atoms with Gasteiger partial charge in [-0.1, -0.05) is 0 Å². The SMILES string of the molecule is CC(C)N(C=O)C1(C(=O)O)COC1. The summed E-state index contributed by atoms with van der Waals surface area (Å²) in [5, 5.41) is 8.95. The molecule has 1 N–H and O–H groups in total. The quantitative estimate of drug-likeness (QED) is 0.614. The number of carboxylic acid groups (broad SMARTS) is 1. The fourth-order valence-electron chi connectivity index (χ4n) is 1.40. The van der Waals surface area contributed by atoms with Crippen molar-refractivity contribution >= 4 is 12.4 Å². The van der Waals surface area contributed by atoms with E-state index in [1.807, 2.05) is 0 Å². The zero-order valence-electron chi connectivity index (χ0n) is 7.69. The molecule has 0 bridgehead atoms. The van der Waals surface area contributed by atoms with Crippen molar-refractivity contribution in [1.82, 2.24) is 4.90 Å². The first-order valence-corrected chi connectivity index (χ1v) is 4.09. The summed E-state index contributed by atoms with van der Waals surface area (Å²) >= 11 is 0. The molecule has 0 aromatic heterocycles. The number of carbonyl (C=O) groups excluding carboxylic acids is 1. The maximum Gasteiger partial charge on any atom is 0.334 e. The van der Waals surface area contributed by atoms with Gasteiger partial charge in [-0.25, -0.2) is 4.79 Å². The van der Waals surface area contributed by atoms with Crippen LogP contribution in [0.15, 0.2) is 0 Å². The second kappa shape index (κ2) is 3.33. The van der Waals surface area contributed by atoms with Crippen molar-refractivity contribution in [3.63, 3.8) is 0 Å². The monoisotopic (exact) mass is 187 g/mol. The van der Waals surface area contributed by atoms with Crippen molar-refractivity contribution in [2.24, 2.45) is 0 Å². The second-order valence-corrected chi connectivity index (χ2v) is 3.44. The van der Waals surface area contributed by atoms with Crippen LogP contribution in [-0.2, 0) is 14.3 Å². The Bertz CT molecular complexity index is 222. The van der Waals surface area contributed by atoms with Gasteiger partial charge in [0, 0.05) is 6.04 Å². The highest BCUT2D eigenvalue weighted by atomic mass is 16.5. The van der Waals surface area contributed by atoms with Crippen molar-refractivity contribution in [2.75, 3.05) is 13.2 Å². The summed E-state index contributed by atoms with van der Waals surface area (Å²) < 4.78 is 4.85. The molecule has 5 heteroatoms. The van der Waals surface area contributed by atoms with Crippen LogP contribution in [0.4, 0.5) is 0 Å². The van der Waals surface area contributed by atoms with Crippen LogP contribution in [0.1, 0.15) is 13.8 Å². The lowest BCUT2D eigenvalue weighted by Crippen LogP contribution is -2.68. The van der Waals surface area contributed by atoms with E-state index in [1.165, 1.54) is 4.90 Å². The molecule has 13 heavy (non-hydrogen) atoms. The van der Waals surface area contributed by atoms with Crippen LogP contribution in [-0.4, -0.2) is 47.2 Å². The summed E-state index contributed by atoms with van der Waals surface area (Å²) in [6.07, 6.45) is 0.571. The molecule has 0 atom stereocenters. The highest BCUT2D eigenvalue weighted by Gasteiger charge is 2.51. The van der Waals surface area contributed by atoms with Crippen LogP contribution in [0, 0.1) is 0 Å². The first kappa shape index (κ1) is 9.98. The van der Waals surface area contributed by atoms with Crippen molar-refractivity contribution in [3.8, 4) is 0 Å². The van der Waals surface area contributed by atoms with E-state index in [4.69, 9.17) is 9.84 Å². The number of hydrogen-bond acceptors (Lipinski definition) is 3. The van der Waals surface area contributed by atoms with E-state index in [0.29, 0.717) is 6.41 Å². The number of carbonyl (C=O) groups is 2. The Morgan fingerprint density at radius 1 is 1.62 bits per heavy atom. The minimum Gasteiger partial charge on any atom is -0.479 e. The van der Waals surface area contributed by atoms with Crippen LogP contribution < -0.4 is 0 Å². The third-order valence-electron chi connectivity index (χ3n) is 2.24. The lowest BCUT2D eigenvalue weighted by atomic mass is 9.94. The highest BCUT2D eigenvalue weighted by molar-refractivity contribution is 5.83. The minimum absolute atomic E-state index is 0.0826. The van der Waals surface area contributed by atoms with Gasteiger partial charge in [-0.15, -0.1) is 0 Å². The van der Waals surface area contributed by atoms with Crippen molar-refractivity contribution < 1.29 is 19.4 Å². The third kappa shape index (κ3) is 1.39. The summed E-state index contributed by atoms with van der Waals surface area (Å²) in [7, 11) is 0. The molecular weight excluding hydrogens is 174 g/mol. The molecule has 1 rings (SSSR count). The molecule has 0 aliphatic carbocycles. The van der Waals surface area contributed by atoms with Crippen LogP contribution in [0.5, 0.6) is 0 Å². The molecule has 5 nitrogen and oxygen atoms in total. The summed E-state index contributed by atoms with van der Waals surface area (Å²) in [6.45, 7) is 3.72. The molecule has 0 aromatic carbocycles. The van der Waals surface area contributed by atoms with Crippen LogP contribution >= 0.6 is 0 Å². The largest absolute Gasteiger partial charge is 0.479 e. The Kier molecular flexibility index (Phi) is 2.56. The Morgan fingerprint density at radius 2 is 2.15 bits per heavy atom. The van der Waals surface area contributed by atoms with Crippen molar-refractivity contribution in [1.29, 1.82) is 0 Å². The van der Waals surface area contributed by atoms with Gasteiger partial charge in [0.2, 0.25) is 6.41 Å².